The Kier molecular flexibility index (Phi) is 2.15. The molecule has 2 nitrogen and oxygen atoms in total. The fourth-order valence-corrected chi connectivity index (χ4v) is 2.60. The maximum atomic E-state index is 4.56. The van der Waals surface area contributed by atoms with Gasteiger partial charge in [0, 0.05) is 23.2 Å². The van der Waals surface area contributed by atoms with Gasteiger partial charge in [0.05, 0.1) is 11.2 Å². The lowest BCUT2D eigenvalue weighted by molar-refractivity contribution is 1.44. The topological polar surface area (TPSA) is 24.9 Å². The highest BCUT2D eigenvalue weighted by Crippen LogP contribution is 2.34. The molecule has 0 bridgehead atoms. The molecule has 0 saturated heterocycles. The van der Waals surface area contributed by atoms with E-state index in [1.54, 1.807) is 0 Å². The van der Waals surface area contributed by atoms with Gasteiger partial charge in [0.1, 0.15) is 0 Å². The van der Waals surface area contributed by atoms with Crippen LogP contribution in [0.1, 0.15) is 5.56 Å². The molecule has 19 heavy (non-hydrogen) atoms. The fourth-order valence-electron chi connectivity index (χ4n) is 2.60. The molecule has 1 aliphatic rings. The van der Waals surface area contributed by atoms with Crippen molar-refractivity contribution in [1.82, 2.24) is 4.98 Å². The van der Waals surface area contributed by atoms with Crippen LogP contribution in [0.2, 0.25) is 0 Å². The number of aromatic nitrogens is 1. The van der Waals surface area contributed by atoms with E-state index in [1.165, 1.54) is 21.7 Å². The third-order valence-corrected chi connectivity index (χ3v) is 3.50. The van der Waals surface area contributed by atoms with E-state index in [0.717, 1.165) is 11.2 Å². The van der Waals surface area contributed by atoms with Crippen LogP contribution >= 0.6 is 0 Å². The van der Waals surface area contributed by atoms with Crippen LogP contribution in [0.25, 0.3) is 27.8 Å². The molecule has 1 aromatic heterocycles. The van der Waals surface area contributed by atoms with Gasteiger partial charge in [-0.25, -0.2) is 0 Å². The van der Waals surface area contributed by atoms with Crippen molar-refractivity contribution >= 4 is 33.4 Å². The maximum absolute atomic E-state index is 4.56. The van der Waals surface area contributed by atoms with Gasteiger partial charge in [0.2, 0.25) is 0 Å². The highest BCUT2D eigenvalue weighted by molar-refractivity contribution is 6.13. The first kappa shape index (κ1) is 10.3. The lowest BCUT2D eigenvalue weighted by atomic mass is 10.0. The molecule has 0 radical (unpaired) electrons. The molecule has 1 N–H and O–H groups in total. The van der Waals surface area contributed by atoms with Crippen LogP contribution in [0.3, 0.4) is 0 Å². The summed E-state index contributed by atoms with van der Waals surface area (Å²) in [5, 5.41) is 6.97. The normalized spacial score (nSPS) is 13.3. The van der Waals surface area contributed by atoms with Crippen LogP contribution in [-0.4, -0.2) is 4.98 Å². The summed E-state index contributed by atoms with van der Waals surface area (Å²) in [5.74, 6) is 0. The predicted molar refractivity (Wildman–Crippen MR) is 81.0 cm³/mol. The van der Waals surface area contributed by atoms with Gasteiger partial charge in [-0.2, -0.15) is 0 Å². The van der Waals surface area contributed by atoms with Crippen molar-refractivity contribution in [3.63, 3.8) is 0 Å². The van der Waals surface area contributed by atoms with Crippen LogP contribution in [0, 0.1) is 0 Å². The van der Waals surface area contributed by atoms with E-state index in [0.29, 0.717) is 0 Å². The first-order chi connectivity index (χ1) is 9.43. The fraction of sp³-hybridized carbons (Fsp3) is 0. The molecular formula is C17H12N2. The molecule has 90 valence electrons. The molecule has 0 saturated carbocycles. The molecule has 4 rings (SSSR count). The Balaban J connectivity index is 2.23. The number of pyridine rings is 1. The minimum Gasteiger partial charge on any atom is -0.361 e. The zero-order chi connectivity index (χ0) is 12.7. The summed E-state index contributed by atoms with van der Waals surface area (Å²) in [6.45, 7) is 0. The average molecular weight is 244 g/mol. The first-order valence-electron chi connectivity index (χ1n) is 6.34. The summed E-state index contributed by atoms with van der Waals surface area (Å²) in [4.78, 5) is 4.56. The van der Waals surface area contributed by atoms with E-state index in [9.17, 15) is 0 Å². The summed E-state index contributed by atoms with van der Waals surface area (Å²) < 4.78 is 0. The van der Waals surface area contributed by atoms with Crippen molar-refractivity contribution in [3.05, 3.63) is 66.5 Å². The van der Waals surface area contributed by atoms with Gasteiger partial charge in [0.25, 0.3) is 0 Å². The van der Waals surface area contributed by atoms with Crippen molar-refractivity contribution in [3.8, 4) is 0 Å². The summed E-state index contributed by atoms with van der Waals surface area (Å²) in [7, 11) is 0. The zero-order valence-corrected chi connectivity index (χ0v) is 10.3. The van der Waals surface area contributed by atoms with Crippen molar-refractivity contribution in [2.45, 2.75) is 0 Å². The predicted octanol–water partition coefficient (Wildman–Crippen LogP) is 4.34. The molecule has 2 aromatic carbocycles. The Labute approximate surface area is 111 Å². The van der Waals surface area contributed by atoms with E-state index >= 15 is 0 Å². The molecule has 2 heterocycles. The van der Waals surface area contributed by atoms with Crippen molar-refractivity contribution in [2.24, 2.45) is 0 Å². The number of fused-ring (bicyclic) bond motifs is 5. The Morgan fingerprint density at radius 1 is 0.947 bits per heavy atom. The van der Waals surface area contributed by atoms with Gasteiger partial charge in [0.15, 0.2) is 0 Å². The minimum atomic E-state index is 1.02. The number of nitrogens with one attached hydrogen (secondary N) is 1. The third-order valence-electron chi connectivity index (χ3n) is 3.50. The number of allylic oxidation sites excluding steroid dienone is 2. The molecule has 0 amide bonds. The van der Waals surface area contributed by atoms with Crippen molar-refractivity contribution in [1.29, 1.82) is 0 Å². The van der Waals surface area contributed by atoms with E-state index < -0.39 is 0 Å². The van der Waals surface area contributed by atoms with Crippen LogP contribution in [0.5, 0.6) is 0 Å². The van der Waals surface area contributed by atoms with Crippen LogP contribution < -0.4 is 5.32 Å². The second kappa shape index (κ2) is 3.95. The molecule has 0 atom stereocenters. The number of rotatable bonds is 0. The van der Waals surface area contributed by atoms with Gasteiger partial charge in [-0.3, -0.25) is 4.98 Å². The molecule has 1 aliphatic heterocycles. The number of benzene rings is 2. The minimum absolute atomic E-state index is 1.02. The summed E-state index contributed by atoms with van der Waals surface area (Å²) in [6.07, 6.45) is 10.1. The average Bonchev–Trinajstić information content (AvgIpc) is 2.72. The Bertz CT molecular complexity index is 844. The first-order valence-corrected chi connectivity index (χ1v) is 6.34. The SMILES string of the molecule is C1=CNc2c(ccc3ncc4ccccc4c23)C=C1. The maximum Gasteiger partial charge on any atom is 0.0729 e. The summed E-state index contributed by atoms with van der Waals surface area (Å²) >= 11 is 0. The van der Waals surface area contributed by atoms with Gasteiger partial charge < -0.3 is 5.32 Å². The van der Waals surface area contributed by atoms with Gasteiger partial charge >= 0.3 is 0 Å². The summed E-state index contributed by atoms with van der Waals surface area (Å²) in [6, 6.07) is 12.6. The van der Waals surface area contributed by atoms with E-state index in [1.807, 2.05) is 30.6 Å². The highest BCUT2D eigenvalue weighted by atomic mass is 14.9. The number of hydrogen-bond donors (Lipinski definition) is 1. The summed E-state index contributed by atoms with van der Waals surface area (Å²) in [5.41, 5.74) is 3.34. The molecule has 0 spiro atoms. The van der Waals surface area contributed by atoms with Crippen LogP contribution in [0.15, 0.2) is 60.9 Å². The molecule has 0 fully saturated rings. The molecular weight excluding hydrogens is 232 g/mol. The van der Waals surface area contributed by atoms with Gasteiger partial charge in [-0.05, 0) is 23.1 Å². The Morgan fingerprint density at radius 2 is 1.89 bits per heavy atom. The zero-order valence-electron chi connectivity index (χ0n) is 10.3. The van der Waals surface area contributed by atoms with Crippen molar-refractivity contribution in [2.75, 3.05) is 5.32 Å². The van der Waals surface area contributed by atoms with Gasteiger partial charge in [-0.1, -0.05) is 42.5 Å². The third kappa shape index (κ3) is 1.54. The quantitative estimate of drug-likeness (QED) is 0.595. The lowest BCUT2D eigenvalue weighted by Gasteiger charge is -2.11. The number of anilines is 1. The van der Waals surface area contributed by atoms with E-state index in [-0.39, 0.29) is 0 Å². The highest BCUT2D eigenvalue weighted by Gasteiger charge is 2.10. The molecule has 0 unspecified atom stereocenters. The Morgan fingerprint density at radius 3 is 2.89 bits per heavy atom. The monoisotopic (exact) mass is 244 g/mol. The second-order valence-corrected chi connectivity index (χ2v) is 4.63. The standard InChI is InChI=1S/C17H12N2/c1-2-7-14-13(6-1)11-19-15-9-8-12-5-3-4-10-18-17(12)16(14)15/h1-11,18H. The van der Waals surface area contributed by atoms with Crippen LogP contribution in [0.4, 0.5) is 5.69 Å². The molecule has 2 heteroatoms. The van der Waals surface area contributed by atoms with E-state index in [4.69, 9.17) is 0 Å². The lowest BCUT2D eigenvalue weighted by Crippen LogP contribution is -1.93. The number of nitrogens with zero attached hydrogens (tertiary/aromatic N) is 1. The van der Waals surface area contributed by atoms with Crippen molar-refractivity contribution < 1.29 is 0 Å². The molecule has 3 aromatic rings. The van der Waals surface area contributed by atoms with Gasteiger partial charge in [-0.15, -0.1) is 0 Å². The van der Waals surface area contributed by atoms with E-state index in [2.05, 4.69) is 46.7 Å². The largest absolute Gasteiger partial charge is 0.361 e. The smallest absolute Gasteiger partial charge is 0.0729 e. The molecule has 0 aliphatic carbocycles. The van der Waals surface area contributed by atoms with Crippen LogP contribution in [-0.2, 0) is 0 Å². The Hall–Kier alpha value is -2.61. The number of hydrogen-bond acceptors (Lipinski definition) is 2. The second-order valence-electron chi connectivity index (χ2n) is 4.63.